The third-order valence-electron chi connectivity index (χ3n) is 6.74. The highest BCUT2D eigenvalue weighted by Crippen LogP contribution is 2.23. The minimum Gasteiger partial charge on any atom is -0.342 e. The molecule has 3 heterocycles. The highest BCUT2D eigenvalue weighted by atomic mass is 16.2. The maximum Gasteiger partial charge on any atom is 0.239 e. The summed E-state index contributed by atoms with van der Waals surface area (Å²) in [6.45, 7) is 9.50. The van der Waals surface area contributed by atoms with Crippen molar-refractivity contribution < 1.29 is 14.4 Å². The molecule has 7 nitrogen and oxygen atoms in total. The topological polar surface area (TPSA) is 64.2 Å². The lowest BCUT2D eigenvalue weighted by Gasteiger charge is -2.40. The van der Waals surface area contributed by atoms with E-state index in [1.165, 1.54) is 12.8 Å². The molecule has 7 heteroatoms. The second kappa shape index (κ2) is 9.72. The van der Waals surface area contributed by atoms with Crippen molar-refractivity contribution in [2.75, 3.05) is 52.4 Å². The van der Waals surface area contributed by atoms with Gasteiger partial charge in [0.05, 0.1) is 6.04 Å². The van der Waals surface area contributed by atoms with Crippen molar-refractivity contribution in [1.82, 2.24) is 19.6 Å². The van der Waals surface area contributed by atoms with E-state index in [9.17, 15) is 14.4 Å². The molecule has 1 atom stereocenters. The Balaban J connectivity index is 1.45. The summed E-state index contributed by atoms with van der Waals surface area (Å²) >= 11 is 0. The Morgan fingerprint density at radius 1 is 0.714 bits per heavy atom. The number of hydrogen-bond donors (Lipinski definition) is 0. The molecule has 0 N–H and O–H groups in total. The predicted molar refractivity (Wildman–Crippen MR) is 108 cm³/mol. The molecule has 3 fully saturated rings. The SMILES string of the molecule is CC(=O)N1CCN(C(=O)C(C)N2CCC(C(=O)N3CCCCCC3)CC2)CC1. The van der Waals surface area contributed by atoms with E-state index in [1.54, 1.807) is 11.8 Å². The summed E-state index contributed by atoms with van der Waals surface area (Å²) in [5, 5.41) is 0. The van der Waals surface area contributed by atoms with Crippen LogP contribution in [0.3, 0.4) is 0 Å². The van der Waals surface area contributed by atoms with Crippen LogP contribution in [0, 0.1) is 5.92 Å². The van der Waals surface area contributed by atoms with Gasteiger partial charge in [0.2, 0.25) is 17.7 Å². The van der Waals surface area contributed by atoms with Crippen molar-refractivity contribution in [2.24, 2.45) is 5.92 Å². The molecular weight excluding hydrogens is 356 g/mol. The molecular formula is C21H36N4O3. The summed E-state index contributed by atoms with van der Waals surface area (Å²) in [4.78, 5) is 45.2. The number of rotatable bonds is 3. The first-order valence-corrected chi connectivity index (χ1v) is 11.0. The average Bonchev–Trinajstić information content (AvgIpc) is 3.02. The second-order valence-corrected chi connectivity index (χ2v) is 8.56. The average molecular weight is 393 g/mol. The van der Waals surface area contributed by atoms with E-state index in [1.807, 2.05) is 11.8 Å². The van der Waals surface area contributed by atoms with Gasteiger partial charge in [0, 0.05) is 52.1 Å². The second-order valence-electron chi connectivity index (χ2n) is 8.56. The van der Waals surface area contributed by atoms with Gasteiger partial charge in [0.1, 0.15) is 0 Å². The highest BCUT2D eigenvalue weighted by Gasteiger charge is 2.34. The number of carbonyl (C=O) groups excluding carboxylic acids is 3. The van der Waals surface area contributed by atoms with Crippen LogP contribution in [0.25, 0.3) is 0 Å². The summed E-state index contributed by atoms with van der Waals surface area (Å²) in [7, 11) is 0. The maximum atomic E-state index is 12.9. The van der Waals surface area contributed by atoms with Gasteiger partial charge in [-0.3, -0.25) is 19.3 Å². The molecule has 0 aliphatic carbocycles. The van der Waals surface area contributed by atoms with E-state index >= 15 is 0 Å². The van der Waals surface area contributed by atoms with E-state index in [-0.39, 0.29) is 23.8 Å². The Hall–Kier alpha value is -1.63. The number of likely N-dealkylation sites (tertiary alicyclic amines) is 2. The van der Waals surface area contributed by atoms with Crippen molar-refractivity contribution in [1.29, 1.82) is 0 Å². The van der Waals surface area contributed by atoms with Gasteiger partial charge in [-0.05, 0) is 45.7 Å². The molecule has 0 saturated carbocycles. The van der Waals surface area contributed by atoms with Gasteiger partial charge in [0.15, 0.2) is 0 Å². The first-order chi connectivity index (χ1) is 13.5. The van der Waals surface area contributed by atoms with Crippen LogP contribution in [0.5, 0.6) is 0 Å². The van der Waals surface area contributed by atoms with Gasteiger partial charge in [0.25, 0.3) is 0 Å². The molecule has 0 aromatic rings. The van der Waals surface area contributed by atoms with Crippen LogP contribution < -0.4 is 0 Å². The normalized spacial score (nSPS) is 24.0. The van der Waals surface area contributed by atoms with Gasteiger partial charge in [-0.15, -0.1) is 0 Å². The zero-order chi connectivity index (χ0) is 20.1. The first-order valence-electron chi connectivity index (χ1n) is 11.0. The Bertz CT molecular complexity index is 558. The van der Waals surface area contributed by atoms with Crippen LogP contribution in [-0.4, -0.2) is 95.7 Å². The van der Waals surface area contributed by atoms with Crippen LogP contribution in [-0.2, 0) is 14.4 Å². The van der Waals surface area contributed by atoms with E-state index < -0.39 is 0 Å². The van der Waals surface area contributed by atoms with E-state index in [4.69, 9.17) is 0 Å². The molecule has 3 amide bonds. The highest BCUT2D eigenvalue weighted by molar-refractivity contribution is 5.82. The smallest absolute Gasteiger partial charge is 0.239 e. The monoisotopic (exact) mass is 392 g/mol. The van der Waals surface area contributed by atoms with Crippen LogP contribution >= 0.6 is 0 Å². The number of carbonyl (C=O) groups is 3. The van der Waals surface area contributed by atoms with E-state index in [0.29, 0.717) is 32.1 Å². The van der Waals surface area contributed by atoms with Crippen molar-refractivity contribution in [3.63, 3.8) is 0 Å². The van der Waals surface area contributed by atoms with E-state index in [2.05, 4.69) is 9.80 Å². The Labute approximate surface area is 169 Å². The maximum absolute atomic E-state index is 12.9. The fraction of sp³-hybridized carbons (Fsp3) is 0.857. The standard InChI is InChI=1S/C21H36N4O3/c1-17(20(27)25-15-13-23(14-16-25)18(2)26)22-11-7-19(8-12-22)21(28)24-9-5-3-4-6-10-24/h17,19H,3-16H2,1-2H3. The van der Waals surface area contributed by atoms with Gasteiger partial charge in [-0.25, -0.2) is 0 Å². The number of piperidine rings is 1. The lowest BCUT2D eigenvalue weighted by atomic mass is 9.94. The molecule has 28 heavy (non-hydrogen) atoms. The van der Waals surface area contributed by atoms with Gasteiger partial charge in [-0.2, -0.15) is 0 Å². The Morgan fingerprint density at radius 2 is 1.25 bits per heavy atom. The van der Waals surface area contributed by atoms with Crippen LogP contribution in [0.4, 0.5) is 0 Å². The minimum absolute atomic E-state index is 0.0799. The van der Waals surface area contributed by atoms with Crippen molar-refractivity contribution >= 4 is 17.7 Å². The summed E-state index contributed by atoms with van der Waals surface area (Å²) < 4.78 is 0. The van der Waals surface area contributed by atoms with Crippen LogP contribution in [0.1, 0.15) is 52.4 Å². The molecule has 3 aliphatic rings. The molecule has 3 rings (SSSR count). The molecule has 0 radical (unpaired) electrons. The molecule has 0 aromatic heterocycles. The van der Waals surface area contributed by atoms with E-state index in [0.717, 1.165) is 51.9 Å². The minimum atomic E-state index is -0.155. The Kier molecular flexibility index (Phi) is 7.32. The third kappa shape index (κ3) is 5.04. The summed E-state index contributed by atoms with van der Waals surface area (Å²) in [5.74, 6) is 0.688. The van der Waals surface area contributed by atoms with Crippen molar-refractivity contribution in [2.45, 2.75) is 58.4 Å². The van der Waals surface area contributed by atoms with Crippen LogP contribution in [0.15, 0.2) is 0 Å². The van der Waals surface area contributed by atoms with Crippen LogP contribution in [0.2, 0.25) is 0 Å². The first kappa shape index (κ1) is 21.1. The molecule has 3 saturated heterocycles. The van der Waals surface area contributed by atoms with Crippen molar-refractivity contribution in [3.8, 4) is 0 Å². The Morgan fingerprint density at radius 3 is 1.79 bits per heavy atom. The summed E-state index contributed by atoms with van der Waals surface area (Å²) in [6, 6.07) is -0.155. The lowest BCUT2D eigenvalue weighted by Crippen LogP contribution is -2.56. The van der Waals surface area contributed by atoms with Gasteiger partial charge in [-0.1, -0.05) is 12.8 Å². The zero-order valence-corrected chi connectivity index (χ0v) is 17.6. The number of nitrogens with zero attached hydrogens (tertiary/aromatic N) is 4. The van der Waals surface area contributed by atoms with Gasteiger partial charge >= 0.3 is 0 Å². The molecule has 158 valence electrons. The number of hydrogen-bond acceptors (Lipinski definition) is 4. The molecule has 0 bridgehead atoms. The zero-order valence-electron chi connectivity index (χ0n) is 17.6. The molecule has 1 unspecified atom stereocenters. The quantitative estimate of drug-likeness (QED) is 0.724. The third-order valence-corrected chi connectivity index (χ3v) is 6.74. The molecule has 0 spiro atoms. The van der Waals surface area contributed by atoms with Gasteiger partial charge < -0.3 is 14.7 Å². The lowest BCUT2D eigenvalue weighted by molar-refractivity contribution is -0.143. The number of amides is 3. The summed E-state index contributed by atoms with van der Waals surface area (Å²) in [5.41, 5.74) is 0. The summed E-state index contributed by atoms with van der Waals surface area (Å²) in [6.07, 6.45) is 6.45. The predicted octanol–water partition coefficient (Wildman–Crippen LogP) is 1.18. The fourth-order valence-electron chi connectivity index (χ4n) is 4.75. The van der Waals surface area contributed by atoms with Crippen molar-refractivity contribution in [3.05, 3.63) is 0 Å². The molecule has 0 aromatic carbocycles. The fourth-order valence-corrected chi connectivity index (χ4v) is 4.75. The largest absolute Gasteiger partial charge is 0.342 e. The molecule has 3 aliphatic heterocycles. The number of piperazine rings is 1.